The van der Waals surface area contributed by atoms with Gasteiger partial charge in [-0.3, -0.25) is 0 Å². The van der Waals surface area contributed by atoms with E-state index in [2.05, 4.69) is 11.3 Å². The average Bonchev–Trinajstić information content (AvgIpc) is 2.43. The molecule has 5 heteroatoms. The summed E-state index contributed by atoms with van der Waals surface area (Å²) >= 11 is 0. The van der Waals surface area contributed by atoms with Gasteiger partial charge in [0.1, 0.15) is 11.5 Å². The number of halogens is 3. The van der Waals surface area contributed by atoms with Crippen LogP contribution in [0.4, 0.5) is 13.2 Å². The molecule has 2 aromatic rings. The van der Waals surface area contributed by atoms with Crippen LogP contribution in [-0.4, -0.2) is 11.5 Å². The summed E-state index contributed by atoms with van der Waals surface area (Å²) in [6, 6.07) is 10.7. The summed E-state index contributed by atoms with van der Waals surface area (Å²) in [5.41, 5.74) is 1.76. The van der Waals surface area contributed by atoms with Crippen molar-refractivity contribution in [3.8, 4) is 11.5 Å². The van der Waals surface area contributed by atoms with Gasteiger partial charge < -0.3 is 9.84 Å². The molecule has 2 aromatic carbocycles. The molecule has 0 saturated heterocycles. The maximum atomic E-state index is 12.3. The normalized spacial score (nSPS) is 11.6. The van der Waals surface area contributed by atoms with E-state index in [-0.39, 0.29) is 11.5 Å². The molecule has 0 spiro atoms. The van der Waals surface area contributed by atoms with Crippen molar-refractivity contribution in [1.82, 2.24) is 0 Å². The molecule has 0 aromatic heterocycles. The molecule has 0 fully saturated rings. The number of alkyl halides is 3. The van der Waals surface area contributed by atoms with Crippen molar-refractivity contribution >= 4 is 18.2 Å². The van der Waals surface area contributed by atoms with E-state index in [1.54, 1.807) is 36.4 Å². The molecule has 2 nitrogen and oxygen atoms in total. The lowest BCUT2D eigenvalue weighted by Gasteiger charge is -2.10. The second-order valence-corrected chi connectivity index (χ2v) is 4.52. The molecular weight excluding hydrogens is 293 g/mol. The second-order valence-electron chi connectivity index (χ2n) is 4.52. The van der Waals surface area contributed by atoms with Gasteiger partial charge in [0.15, 0.2) is 0 Å². The number of ether oxygens (including phenoxy) is 1. The Morgan fingerprint density at radius 2 is 1.64 bits per heavy atom. The molecule has 22 heavy (non-hydrogen) atoms. The molecule has 0 unspecified atom stereocenters. The third kappa shape index (κ3) is 4.70. The number of rotatable bonds is 4. The van der Waals surface area contributed by atoms with E-state index in [1.165, 1.54) is 24.3 Å². The van der Waals surface area contributed by atoms with Gasteiger partial charge in [-0.2, -0.15) is 0 Å². The Hall–Kier alpha value is -2.69. The number of aromatic hydroxyl groups is 1. The maximum absolute atomic E-state index is 12.3. The Kier molecular flexibility index (Phi) is 4.56. The van der Waals surface area contributed by atoms with Crippen LogP contribution in [0.1, 0.15) is 16.7 Å². The van der Waals surface area contributed by atoms with E-state index >= 15 is 0 Å². The monoisotopic (exact) mass is 306 g/mol. The van der Waals surface area contributed by atoms with Crippen LogP contribution >= 0.6 is 0 Å². The van der Waals surface area contributed by atoms with E-state index in [1.807, 2.05) is 0 Å². The summed E-state index contributed by atoms with van der Waals surface area (Å²) in [5, 5.41) is 9.37. The highest BCUT2D eigenvalue weighted by atomic mass is 19.4. The molecule has 0 heterocycles. The van der Waals surface area contributed by atoms with E-state index in [0.717, 1.165) is 5.56 Å². The van der Waals surface area contributed by atoms with Gasteiger partial charge in [0.25, 0.3) is 0 Å². The molecular formula is C17H13F3O2. The van der Waals surface area contributed by atoms with Gasteiger partial charge in [-0.05, 0) is 47.0 Å². The minimum absolute atomic E-state index is 0.114. The molecule has 2 rings (SSSR count). The smallest absolute Gasteiger partial charge is 0.508 e. The lowest BCUT2D eigenvalue weighted by molar-refractivity contribution is -0.274. The van der Waals surface area contributed by atoms with Crippen molar-refractivity contribution in [1.29, 1.82) is 0 Å². The van der Waals surface area contributed by atoms with Crippen molar-refractivity contribution in [2.45, 2.75) is 6.36 Å². The van der Waals surface area contributed by atoms with Gasteiger partial charge in [-0.15, -0.1) is 13.2 Å². The largest absolute Gasteiger partial charge is 0.573 e. The van der Waals surface area contributed by atoms with Crippen molar-refractivity contribution in [2.24, 2.45) is 0 Å². The predicted molar refractivity (Wildman–Crippen MR) is 80.3 cm³/mol. The first-order chi connectivity index (χ1) is 10.4. The van der Waals surface area contributed by atoms with Crippen LogP contribution in [0.5, 0.6) is 11.5 Å². The number of hydrogen-bond donors (Lipinski definition) is 1. The van der Waals surface area contributed by atoms with Crippen LogP contribution in [0.3, 0.4) is 0 Å². The standard InChI is InChI=1S/C17H13F3O2/c1-2-12-8-14(11-16(10-12)22-17(18,19)20)7-6-13-4-3-5-15(21)9-13/h2-11,21H,1H2/b7-6+. The van der Waals surface area contributed by atoms with E-state index in [0.29, 0.717) is 11.1 Å². The zero-order valence-corrected chi connectivity index (χ0v) is 11.5. The number of phenolic OH excluding ortho intramolecular Hbond substituents is 1. The highest BCUT2D eigenvalue weighted by Gasteiger charge is 2.31. The summed E-state index contributed by atoms with van der Waals surface area (Å²) in [5.74, 6) is -0.191. The van der Waals surface area contributed by atoms with E-state index in [9.17, 15) is 18.3 Å². The van der Waals surface area contributed by atoms with Gasteiger partial charge >= 0.3 is 6.36 Å². The third-order valence-electron chi connectivity index (χ3n) is 2.76. The summed E-state index contributed by atoms with van der Waals surface area (Å²) in [7, 11) is 0. The van der Waals surface area contributed by atoms with Gasteiger partial charge in [0.2, 0.25) is 0 Å². The molecule has 0 radical (unpaired) electrons. The topological polar surface area (TPSA) is 29.5 Å². The molecule has 1 N–H and O–H groups in total. The third-order valence-corrected chi connectivity index (χ3v) is 2.76. The first-order valence-electron chi connectivity index (χ1n) is 6.36. The van der Waals surface area contributed by atoms with Crippen LogP contribution in [0.2, 0.25) is 0 Å². The Labute approximate surface area is 125 Å². The lowest BCUT2D eigenvalue weighted by atomic mass is 10.1. The van der Waals surface area contributed by atoms with Gasteiger partial charge in [-0.25, -0.2) is 0 Å². The molecule has 114 valence electrons. The fourth-order valence-electron chi connectivity index (χ4n) is 1.87. The molecule has 0 aliphatic rings. The van der Waals surface area contributed by atoms with Crippen LogP contribution in [0, 0.1) is 0 Å². The van der Waals surface area contributed by atoms with Gasteiger partial charge in [0.05, 0.1) is 0 Å². The van der Waals surface area contributed by atoms with E-state index in [4.69, 9.17) is 0 Å². The molecule has 0 bridgehead atoms. The highest BCUT2D eigenvalue weighted by molar-refractivity contribution is 5.72. The molecule has 0 amide bonds. The Balaban J connectivity index is 2.30. The van der Waals surface area contributed by atoms with Crippen molar-refractivity contribution in [3.05, 3.63) is 65.7 Å². The Morgan fingerprint density at radius 1 is 0.955 bits per heavy atom. The number of benzene rings is 2. The Bertz CT molecular complexity index is 703. The molecule has 0 atom stereocenters. The van der Waals surface area contributed by atoms with Crippen LogP contribution < -0.4 is 4.74 Å². The fourth-order valence-corrected chi connectivity index (χ4v) is 1.87. The van der Waals surface area contributed by atoms with Crippen LogP contribution in [0.25, 0.3) is 18.2 Å². The average molecular weight is 306 g/mol. The highest BCUT2D eigenvalue weighted by Crippen LogP contribution is 2.26. The second kappa shape index (κ2) is 6.39. The number of hydrogen-bond acceptors (Lipinski definition) is 2. The predicted octanol–water partition coefficient (Wildman–Crippen LogP) is 5.10. The van der Waals surface area contributed by atoms with Gasteiger partial charge in [-0.1, -0.05) is 36.9 Å². The summed E-state index contributed by atoms with van der Waals surface area (Å²) < 4.78 is 40.9. The summed E-state index contributed by atoms with van der Waals surface area (Å²) in [6.45, 7) is 3.55. The SMILES string of the molecule is C=Cc1cc(/C=C/c2cccc(O)c2)cc(OC(F)(F)F)c1. The molecule has 0 aliphatic carbocycles. The van der Waals surface area contributed by atoms with Gasteiger partial charge in [0, 0.05) is 0 Å². The first-order valence-corrected chi connectivity index (χ1v) is 6.36. The van der Waals surface area contributed by atoms with E-state index < -0.39 is 6.36 Å². The number of phenols is 1. The first kappa shape index (κ1) is 15.7. The molecule has 0 saturated carbocycles. The minimum atomic E-state index is -4.74. The molecule has 0 aliphatic heterocycles. The Morgan fingerprint density at radius 3 is 2.27 bits per heavy atom. The quantitative estimate of drug-likeness (QED) is 0.796. The minimum Gasteiger partial charge on any atom is -0.508 e. The summed E-state index contributed by atoms with van der Waals surface area (Å²) in [4.78, 5) is 0. The lowest BCUT2D eigenvalue weighted by Crippen LogP contribution is -2.17. The van der Waals surface area contributed by atoms with Crippen molar-refractivity contribution < 1.29 is 23.0 Å². The van der Waals surface area contributed by atoms with Crippen molar-refractivity contribution in [2.75, 3.05) is 0 Å². The fraction of sp³-hybridized carbons (Fsp3) is 0.0588. The van der Waals surface area contributed by atoms with Crippen LogP contribution in [0.15, 0.2) is 49.0 Å². The van der Waals surface area contributed by atoms with Crippen LogP contribution in [-0.2, 0) is 0 Å². The zero-order chi connectivity index (χ0) is 16.2. The van der Waals surface area contributed by atoms with Crippen molar-refractivity contribution in [3.63, 3.8) is 0 Å². The zero-order valence-electron chi connectivity index (χ0n) is 11.5. The summed E-state index contributed by atoms with van der Waals surface area (Å²) in [6.07, 6.45) is 0.00517. The maximum Gasteiger partial charge on any atom is 0.573 e.